The lowest BCUT2D eigenvalue weighted by molar-refractivity contribution is 0.473. The molecule has 1 aliphatic carbocycles. The number of hydrogen-bond acceptors (Lipinski definition) is 3. The number of aryl methyl sites for hydroxylation is 1. The number of rotatable bonds is 7. The molecule has 2 aromatic rings. The molecule has 1 aromatic carbocycles. The average molecular weight is 289 g/mol. The zero-order valence-electron chi connectivity index (χ0n) is 12.2. The standard InChI is InChI=1S/C16H20FN3O/c1-2-5-20-11-16(10-19-20)21-15-7-12(6-13(17)8-15)9-18-14-3-4-14/h6-8,10-11,14,18H,2-5,9H2,1H3. The molecule has 5 heteroatoms. The number of ether oxygens (including phenoxy) is 1. The summed E-state index contributed by atoms with van der Waals surface area (Å²) in [7, 11) is 0. The van der Waals surface area contributed by atoms with Crippen LogP contribution in [0.1, 0.15) is 31.7 Å². The summed E-state index contributed by atoms with van der Waals surface area (Å²) in [5.41, 5.74) is 0.901. The van der Waals surface area contributed by atoms with Gasteiger partial charge in [-0.15, -0.1) is 0 Å². The SMILES string of the molecule is CCCn1cc(Oc2cc(F)cc(CNC3CC3)c2)cn1. The third-order valence-electron chi connectivity index (χ3n) is 3.40. The average Bonchev–Trinajstić information content (AvgIpc) is 3.18. The molecular weight excluding hydrogens is 269 g/mol. The molecule has 0 aliphatic heterocycles. The highest BCUT2D eigenvalue weighted by atomic mass is 19.1. The van der Waals surface area contributed by atoms with Crippen molar-refractivity contribution in [3.63, 3.8) is 0 Å². The number of nitrogens with one attached hydrogen (secondary N) is 1. The monoisotopic (exact) mass is 289 g/mol. The molecule has 0 unspecified atom stereocenters. The maximum absolute atomic E-state index is 13.7. The third-order valence-corrected chi connectivity index (χ3v) is 3.40. The summed E-state index contributed by atoms with van der Waals surface area (Å²) in [5.74, 6) is 0.870. The quantitative estimate of drug-likeness (QED) is 0.848. The first-order valence-electron chi connectivity index (χ1n) is 7.46. The lowest BCUT2D eigenvalue weighted by Gasteiger charge is -2.07. The van der Waals surface area contributed by atoms with Crippen LogP contribution >= 0.6 is 0 Å². The van der Waals surface area contributed by atoms with Crippen LogP contribution in [-0.4, -0.2) is 15.8 Å². The molecule has 1 saturated carbocycles. The van der Waals surface area contributed by atoms with Crippen molar-refractivity contribution in [3.05, 3.63) is 42.0 Å². The van der Waals surface area contributed by atoms with Gasteiger partial charge in [-0.1, -0.05) is 6.92 Å². The Hall–Kier alpha value is -1.88. The van der Waals surface area contributed by atoms with Gasteiger partial charge in [0.25, 0.3) is 0 Å². The molecule has 1 aromatic heterocycles. The van der Waals surface area contributed by atoms with E-state index in [1.54, 1.807) is 12.3 Å². The minimum absolute atomic E-state index is 0.277. The fourth-order valence-corrected chi connectivity index (χ4v) is 2.22. The molecule has 0 atom stereocenters. The molecule has 3 rings (SSSR count). The van der Waals surface area contributed by atoms with E-state index in [9.17, 15) is 4.39 Å². The highest BCUT2D eigenvalue weighted by molar-refractivity contribution is 5.33. The zero-order chi connectivity index (χ0) is 14.7. The van der Waals surface area contributed by atoms with Gasteiger partial charge in [0.05, 0.1) is 12.4 Å². The van der Waals surface area contributed by atoms with Gasteiger partial charge in [-0.3, -0.25) is 4.68 Å². The van der Waals surface area contributed by atoms with Gasteiger partial charge in [0.15, 0.2) is 5.75 Å². The Morgan fingerprint density at radius 3 is 2.95 bits per heavy atom. The maximum atomic E-state index is 13.7. The number of hydrogen-bond donors (Lipinski definition) is 1. The van der Waals surface area contributed by atoms with E-state index in [0.717, 1.165) is 18.5 Å². The van der Waals surface area contributed by atoms with E-state index in [1.807, 2.05) is 16.9 Å². The van der Waals surface area contributed by atoms with Crippen LogP contribution in [0.4, 0.5) is 4.39 Å². The smallest absolute Gasteiger partial charge is 0.165 e. The molecule has 1 N–H and O–H groups in total. The number of benzene rings is 1. The van der Waals surface area contributed by atoms with Crippen LogP contribution in [0.3, 0.4) is 0 Å². The number of halogens is 1. The van der Waals surface area contributed by atoms with Crippen molar-refractivity contribution in [2.75, 3.05) is 0 Å². The van der Waals surface area contributed by atoms with Crippen LogP contribution in [0.5, 0.6) is 11.5 Å². The molecule has 1 fully saturated rings. The second-order valence-electron chi connectivity index (χ2n) is 5.49. The summed E-state index contributed by atoms with van der Waals surface area (Å²) < 4.78 is 21.2. The van der Waals surface area contributed by atoms with Crippen molar-refractivity contribution in [2.24, 2.45) is 0 Å². The summed E-state index contributed by atoms with van der Waals surface area (Å²) in [6.07, 6.45) is 6.93. The molecule has 112 valence electrons. The van der Waals surface area contributed by atoms with Gasteiger partial charge in [0.2, 0.25) is 0 Å². The lowest BCUT2D eigenvalue weighted by Crippen LogP contribution is -2.15. The maximum Gasteiger partial charge on any atom is 0.165 e. The number of aromatic nitrogens is 2. The lowest BCUT2D eigenvalue weighted by atomic mass is 10.2. The van der Waals surface area contributed by atoms with Crippen molar-refractivity contribution >= 4 is 0 Å². The summed E-state index contributed by atoms with van der Waals surface area (Å²) in [6, 6.07) is 5.42. The third kappa shape index (κ3) is 4.04. The highest BCUT2D eigenvalue weighted by Gasteiger charge is 2.20. The first-order valence-corrected chi connectivity index (χ1v) is 7.46. The van der Waals surface area contributed by atoms with E-state index in [-0.39, 0.29) is 5.82 Å². The fourth-order valence-electron chi connectivity index (χ4n) is 2.22. The number of nitrogens with zero attached hydrogens (tertiary/aromatic N) is 2. The molecule has 0 spiro atoms. The van der Waals surface area contributed by atoms with E-state index in [0.29, 0.717) is 24.1 Å². The summed E-state index contributed by atoms with van der Waals surface area (Å²) in [5, 5.41) is 7.57. The predicted octanol–water partition coefficient (Wildman–Crippen LogP) is 3.48. The Morgan fingerprint density at radius 2 is 2.19 bits per heavy atom. The molecule has 21 heavy (non-hydrogen) atoms. The van der Waals surface area contributed by atoms with Gasteiger partial charge < -0.3 is 10.1 Å². The minimum atomic E-state index is -0.277. The van der Waals surface area contributed by atoms with Gasteiger partial charge in [-0.25, -0.2) is 4.39 Å². The van der Waals surface area contributed by atoms with Crippen LogP contribution < -0.4 is 10.1 Å². The minimum Gasteiger partial charge on any atom is -0.454 e. The first-order chi connectivity index (χ1) is 10.2. The van der Waals surface area contributed by atoms with Gasteiger partial charge in [-0.05, 0) is 37.0 Å². The summed E-state index contributed by atoms with van der Waals surface area (Å²) in [4.78, 5) is 0. The van der Waals surface area contributed by atoms with E-state index < -0.39 is 0 Å². The Labute approximate surface area is 123 Å². The van der Waals surface area contributed by atoms with Crippen molar-refractivity contribution in [1.29, 1.82) is 0 Å². The largest absolute Gasteiger partial charge is 0.454 e. The Balaban J connectivity index is 1.67. The Kier molecular flexibility index (Phi) is 4.20. The second kappa shape index (κ2) is 6.26. The Morgan fingerprint density at radius 1 is 1.33 bits per heavy atom. The van der Waals surface area contributed by atoms with Gasteiger partial charge in [-0.2, -0.15) is 5.10 Å². The van der Waals surface area contributed by atoms with Crippen LogP contribution in [-0.2, 0) is 13.1 Å². The fraction of sp³-hybridized carbons (Fsp3) is 0.438. The van der Waals surface area contributed by atoms with E-state index in [2.05, 4.69) is 17.3 Å². The van der Waals surface area contributed by atoms with E-state index in [4.69, 9.17) is 4.74 Å². The van der Waals surface area contributed by atoms with Crippen LogP contribution in [0.2, 0.25) is 0 Å². The van der Waals surface area contributed by atoms with Crippen LogP contribution in [0, 0.1) is 5.82 Å². The molecule has 0 radical (unpaired) electrons. The molecule has 4 nitrogen and oxygen atoms in total. The topological polar surface area (TPSA) is 39.1 Å². The molecule has 1 aliphatic rings. The molecule has 0 bridgehead atoms. The zero-order valence-corrected chi connectivity index (χ0v) is 12.2. The van der Waals surface area contributed by atoms with Gasteiger partial charge in [0, 0.05) is 25.2 Å². The normalized spacial score (nSPS) is 14.4. The molecule has 0 amide bonds. The molecule has 1 heterocycles. The van der Waals surface area contributed by atoms with Crippen molar-refractivity contribution in [2.45, 2.75) is 45.3 Å². The van der Waals surface area contributed by atoms with E-state index >= 15 is 0 Å². The Bertz CT molecular complexity index is 607. The second-order valence-corrected chi connectivity index (χ2v) is 5.49. The van der Waals surface area contributed by atoms with Gasteiger partial charge >= 0.3 is 0 Å². The molecular formula is C16H20FN3O. The van der Waals surface area contributed by atoms with Crippen molar-refractivity contribution in [1.82, 2.24) is 15.1 Å². The van der Waals surface area contributed by atoms with E-state index in [1.165, 1.54) is 18.9 Å². The first kappa shape index (κ1) is 14.1. The highest BCUT2D eigenvalue weighted by Crippen LogP contribution is 2.24. The van der Waals surface area contributed by atoms with Crippen LogP contribution in [0.15, 0.2) is 30.6 Å². The van der Waals surface area contributed by atoms with Crippen molar-refractivity contribution < 1.29 is 9.13 Å². The molecule has 0 saturated heterocycles. The summed E-state index contributed by atoms with van der Waals surface area (Å²) in [6.45, 7) is 3.62. The van der Waals surface area contributed by atoms with Crippen molar-refractivity contribution in [3.8, 4) is 11.5 Å². The van der Waals surface area contributed by atoms with Crippen LogP contribution in [0.25, 0.3) is 0 Å². The van der Waals surface area contributed by atoms with Gasteiger partial charge in [0.1, 0.15) is 11.6 Å². The predicted molar refractivity (Wildman–Crippen MR) is 78.9 cm³/mol. The summed E-state index contributed by atoms with van der Waals surface area (Å²) >= 11 is 0.